The first-order valence-corrected chi connectivity index (χ1v) is 5.98. The molecular formula is C13H16N4O. The predicted molar refractivity (Wildman–Crippen MR) is 70.0 cm³/mol. The Labute approximate surface area is 106 Å². The number of amides is 1. The molecule has 1 aliphatic rings. The van der Waals surface area contributed by atoms with Crippen molar-refractivity contribution >= 4 is 17.3 Å². The summed E-state index contributed by atoms with van der Waals surface area (Å²) in [5, 5.41) is 11.0. The van der Waals surface area contributed by atoms with Crippen LogP contribution in [0.4, 0.5) is 11.4 Å². The van der Waals surface area contributed by atoms with Crippen molar-refractivity contribution in [2.45, 2.75) is 12.8 Å². The highest BCUT2D eigenvalue weighted by atomic mass is 16.2. The molecule has 0 aromatic heterocycles. The Bertz CT molecular complexity index is 492. The van der Waals surface area contributed by atoms with Gasteiger partial charge in [0.2, 0.25) is 5.91 Å². The molecule has 94 valence electrons. The molecule has 0 atom stereocenters. The number of carbonyl (C=O) groups excluding carboxylic acids is 1. The van der Waals surface area contributed by atoms with E-state index in [-0.39, 0.29) is 19.0 Å². The standard InChI is InChI=1S/C13H16N4O/c14-6-7-16-13(18)9-17-8-2-3-10-11(15)4-1-5-12(10)17/h1,4-5H,2-3,7-9,15H2,(H,16,18). The van der Waals surface area contributed by atoms with Crippen molar-refractivity contribution in [2.24, 2.45) is 0 Å². The normalized spacial score (nSPS) is 13.6. The van der Waals surface area contributed by atoms with E-state index < -0.39 is 0 Å². The van der Waals surface area contributed by atoms with Crippen molar-refractivity contribution in [1.29, 1.82) is 5.26 Å². The maximum absolute atomic E-state index is 11.6. The summed E-state index contributed by atoms with van der Waals surface area (Å²) in [6, 6.07) is 7.67. The van der Waals surface area contributed by atoms with E-state index in [9.17, 15) is 4.79 Å². The van der Waals surface area contributed by atoms with E-state index in [1.807, 2.05) is 29.2 Å². The van der Waals surface area contributed by atoms with Crippen LogP contribution in [0.1, 0.15) is 12.0 Å². The SMILES string of the molecule is N#CCNC(=O)CN1CCCc2c(N)cccc21. The first-order valence-electron chi connectivity index (χ1n) is 5.98. The van der Waals surface area contributed by atoms with Crippen molar-refractivity contribution in [3.05, 3.63) is 23.8 Å². The smallest absolute Gasteiger partial charge is 0.240 e. The number of fused-ring (bicyclic) bond motifs is 1. The van der Waals surface area contributed by atoms with Crippen LogP contribution in [0.3, 0.4) is 0 Å². The van der Waals surface area contributed by atoms with Gasteiger partial charge in [0.15, 0.2) is 0 Å². The summed E-state index contributed by atoms with van der Waals surface area (Å²) in [5.41, 5.74) is 8.89. The Morgan fingerprint density at radius 3 is 3.17 bits per heavy atom. The maximum Gasteiger partial charge on any atom is 0.240 e. The van der Waals surface area contributed by atoms with Gasteiger partial charge in [0.05, 0.1) is 12.6 Å². The first kappa shape index (κ1) is 12.2. The number of nitriles is 1. The Morgan fingerprint density at radius 2 is 2.39 bits per heavy atom. The van der Waals surface area contributed by atoms with E-state index in [1.54, 1.807) is 0 Å². The molecule has 0 spiro atoms. The lowest BCUT2D eigenvalue weighted by Crippen LogP contribution is -2.40. The number of nitrogens with one attached hydrogen (secondary N) is 1. The van der Waals surface area contributed by atoms with Crippen molar-refractivity contribution < 1.29 is 4.79 Å². The zero-order valence-corrected chi connectivity index (χ0v) is 10.1. The van der Waals surface area contributed by atoms with Crippen LogP contribution in [0.25, 0.3) is 0 Å². The molecule has 0 bridgehead atoms. The molecule has 5 nitrogen and oxygen atoms in total. The van der Waals surface area contributed by atoms with E-state index >= 15 is 0 Å². The van der Waals surface area contributed by atoms with E-state index in [1.165, 1.54) is 0 Å². The minimum absolute atomic E-state index is 0.0520. The average molecular weight is 244 g/mol. The van der Waals surface area contributed by atoms with Crippen LogP contribution in [0.15, 0.2) is 18.2 Å². The molecule has 18 heavy (non-hydrogen) atoms. The molecule has 3 N–H and O–H groups in total. The van der Waals surface area contributed by atoms with Crippen LogP contribution in [0.5, 0.6) is 0 Å². The maximum atomic E-state index is 11.6. The van der Waals surface area contributed by atoms with Gasteiger partial charge in [-0.1, -0.05) is 6.07 Å². The molecule has 0 radical (unpaired) electrons. The molecule has 0 fully saturated rings. The van der Waals surface area contributed by atoms with Crippen LogP contribution in [-0.2, 0) is 11.2 Å². The third-order valence-corrected chi connectivity index (χ3v) is 3.08. The molecule has 5 heteroatoms. The van der Waals surface area contributed by atoms with Gasteiger partial charge in [0.25, 0.3) is 0 Å². The third kappa shape index (κ3) is 2.54. The van der Waals surface area contributed by atoms with Crippen molar-refractivity contribution in [1.82, 2.24) is 5.32 Å². The highest BCUT2D eigenvalue weighted by Crippen LogP contribution is 2.30. The van der Waals surface area contributed by atoms with Gasteiger partial charge in [-0.2, -0.15) is 5.26 Å². The van der Waals surface area contributed by atoms with Crippen molar-refractivity contribution in [3.63, 3.8) is 0 Å². The Balaban J connectivity index is 2.11. The summed E-state index contributed by atoms with van der Waals surface area (Å²) in [4.78, 5) is 13.6. The molecular weight excluding hydrogens is 228 g/mol. The fraction of sp³-hybridized carbons (Fsp3) is 0.385. The third-order valence-electron chi connectivity index (χ3n) is 3.08. The van der Waals surface area contributed by atoms with Crippen molar-refractivity contribution in [2.75, 3.05) is 30.3 Å². The minimum atomic E-state index is -0.133. The molecule has 2 rings (SSSR count). The van der Waals surface area contributed by atoms with E-state index in [0.29, 0.717) is 0 Å². The number of anilines is 2. The second-order valence-corrected chi connectivity index (χ2v) is 4.30. The number of nitrogens with zero attached hydrogens (tertiary/aromatic N) is 2. The number of hydrogen-bond acceptors (Lipinski definition) is 4. The minimum Gasteiger partial charge on any atom is -0.398 e. The molecule has 1 aliphatic heterocycles. The number of benzene rings is 1. The molecule has 1 aromatic carbocycles. The number of hydrogen-bond donors (Lipinski definition) is 2. The second-order valence-electron chi connectivity index (χ2n) is 4.30. The molecule has 1 aromatic rings. The largest absolute Gasteiger partial charge is 0.398 e. The molecule has 0 unspecified atom stereocenters. The van der Waals surface area contributed by atoms with Crippen LogP contribution in [0.2, 0.25) is 0 Å². The van der Waals surface area contributed by atoms with Gasteiger partial charge in [0, 0.05) is 17.9 Å². The summed E-state index contributed by atoms with van der Waals surface area (Å²) < 4.78 is 0. The Morgan fingerprint density at radius 1 is 1.56 bits per heavy atom. The number of rotatable bonds is 3. The number of carbonyl (C=O) groups is 1. The molecule has 1 amide bonds. The lowest BCUT2D eigenvalue weighted by atomic mass is 10.00. The first-order chi connectivity index (χ1) is 8.72. The topological polar surface area (TPSA) is 82.2 Å². The van der Waals surface area contributed by atoms with Crippen LogP contribution in [-0.4, -0.2) is 25.5 Å². The highest BCUT2D eigenvalue weighted by Gasteiger charge is 2.20. The summed E-state index contributed by atoms with van der Waals surface area (Å²) in [7, 11) is 0. The summed E-state index contributed by atoms with van der Waals surface area (Å²) in [6.45, 7) is 1.17. The predicted octanol–water partition coefficient (Wildman–Crippen LogP) is 0.661. The lowest BCUT2D eigenvalue weighted by molar-refractivity contribution is -0.119. The highest BCUT2D eigenvalue weighted by molar-refractivity contribution is 5.82. The summed E-state index contributed by atoms with van der Waals surface area (Å²) >= 11 is 0. The van der Waals surface area contributed by atoms with Crippen LogP contribution >= 0.6 is 0 Å². The molecule has 0 saturated heterocycles. The summed E-state index contributed by atoms with van der Waals surface area (Å²) in [6.07, 6.45) is 1.95. The van der Waals surface area contributed by atoms with E-state index in [2.05, 4.69) is 5.32 Å². The second kappa shape index (κ2) is 5.41. The molecule has 1 heterocycles. The monoisotopic (exact) mass is 244 g/mol. The average Bonchev–Trinajstić information content (AvgIpc) is 2.38. The number of nitrogens with two attached hydrogens (primary N) is 1. The van der Waals surface area contributed by atoms with Gasteiger partial charge in [-0.25, -0.2) is 0 Å². The zero-order chi connectivity index (χ0) is 13.0. The molecule has 0 aliphatic carbocycles. The fourth-order valence-corrected chi connectivity index (χ4v) is 2.26. The van der Waals surface area contributed by atoms with Gasteiger partial charge in [-0.3, -0.25) is 4.79 Å². The van der Waals surface area contributed by atoms with Gasteiger partial charge in [-0.05, 0) is 30.5 Å². The number of nitrogen functional groups attached to an aromatic ring is 1. The van der Waals surface area contributed by atoms with Crippen molar-refractivity contribution in [3.8, 4) is 6.07 Å². The van der Waals surface area contributed by atoms with Crippen LogP contribution in [0, 0.1) is 11.3 Å². The Kier molecular flexibility index (Phi) is 3.68. The molecule has 0 saturated carbocycles. The van der Waals surface area contributed by atoms with E-state index in [4.69, 9.17) is 11.0 Å². The van der Waals surface area contributed by atoms with Gasteiger partial charge >= 0.3 is 0 Å². The fourth-order valence-electron chi connectivity index (χ4n) is 2.26. The van der Waals surface area contributed by atoms with Gasteiger partial charge < -0.3 is 16.0 Å². The zero-order valence-electron chi connectivity index (χ0n) is 10.1. The lowest BCUT2D eigenvalue weighted by Gasteiger charge is -2.31. The van der Waals surface area contributed by atoms with E-state index in [0.717, 1.165) is 36.3 Å². The van der Waals surface area contributed by atoms with Gasteiger partial charge in [-0.15, -0.1) is 0 Å². The summed E-state index contributed by atoms with van der Waals surface area (Å²) in [5.74, 6) is -0.133. The Hall–Kier alpha value is -2.22. The van der Waals surface area contributed by atoms with Gasteiger partial charge in [0.1, 0.15) is 6.54 Å². The quantitative estimate of drug-likeness (QED) is 0.604. The van der Waals surface area contributed by atoms with Crippen LogP contribution < -0.4 is 16.0 Å².